The van der Waals surface area contributed by atoms with E-state index in [0.29, 0.717) is 30.1 Å². The van der Waals surface area contributed by atoms with Crippen molar-refractivity contribution >= 4 is 11.6 Å². The Morgan fingerprint density at radius 3 is 2.86 bits per heavy atom. The lowest BCUT2D eigenvalue weighted by molar-refractivity contribution is 0.110. The average molecular weight is 328 g/mol. The van der Waals surface area contributed by atoms with Gasteiger partial charge in [-0.05, 0) is 43.9 Å². The molecule has 0 radical (unpaired) electrons. The van der Waals surface area contributed by atoms with Crippen LogP contribution in [0, 0.1) is 0 Å². The molecule has 0 aliphatic carbocycles. The summed E-state index contributed by atoms with van der Waals surface area (Å²) < 4.78 is 17.0. The summed E-state index contributed by atoms with van der Waals surface area (Å²) in [7, 11) is 0. The lowest BCUT2D eigenvalue weighted by atomic mass is 10.2. The quantitative estimate of drug-likeness (QED) is 0.749. The van der Waals surface area contributed by atoms with E-state index in [1.54, 1.807) is 0 Å². The minimum atomic E-state index is 0.342. The maximum absolute atomic E-state index is 6.35. The van der Waals surface area contributed by atoms with Crippen molar-refractivity contribution in [1.82, 2.24) is 5.32 Å². The fraction of sp³-hybridized carbons (Fsp3) is 0.647. The van der Waals surface area contributed by atoms with Crippen LogP contribution >= 0.6 is 11.6 Å². The second-order valence-corrected chi connectivity index (χ2v) is 5.86. The standard InChI is InChI=1S/C17H26ClNO3/c1-3-7-22-17-15(18)9-13(10-16(17)20-4-2)11-19-12-14-6-5-8-21-14/h9-10,14,19H,3-8,11-12H2,1-2H3/t14-/m0/s1. The molecule has 0 bridgehead atoms. The number of hydrogen-bond donors (Lipinski definition) is 1. The second kappa shape index (κ2) is 9.23. The predicted molar refractivity (Wildman–Crippen MR) is 89.1 cm³/mol. The van der Waals surface area contributed by atoms with E-state index in [0.717, 1.165) is 50.3 Å². The molecule has 0 amide bonds. The molecular formula is C17H26ClNO3. The molecule has 1 fully saturated rings. The summed E-state index contributed by atoms with van der Waals surface area (Å²) in [5.74, 6) is 1.37. The highest BCUT2D eigenvalue weighted by Crippen LogP contribution is 2.36. The molecule has 1 heterocycles. The summed E-state index contributed by atoms with van der Waals surface area (Å²) in [6, 6.07) is 3.94. The van der Waals surface area contributed by atoms with Gasteiger partial charge in [-0.3, -0.25) is 0 Å². The molecule has 1 aliphatic rings. The number of halogens is 1. The lowest BCUT2D eigenvalue weighted by Gasteiger charge is -2.16. The van der Waals surface area contributed by atoms with Crippen LogP contribution in [-0.4, -0.2) is 32.5 Å². The molecule has 1 saturated heterocycles. The van der Waals surface area contributed by atoms with Crippen molar-refractivity contribution in [1.29, 1.82) is 0 Å². The monoisotopic (exact) mass is 327 g/mol. The van der Waals surface area contributed by atoms with Gasteiger partial charge in [-0.25, -0.2) is 0 Å². The number of nitrogens with one attached hydrogen (secondary N) is 1. The van der Waals surface area contributed by atoms with Gasteiger partial charge in [0, 0.05) is 19.7 Å². The number of rotatable bonds is 9. The van der Waals surface area contributed by atoms with Crippen molar-refractivity contribution in [3.05, 3.63) is 22.7 Å². The Balaban J connectivity index is 1.97. The van der Waals surface area contributed by atoms with Crippen LogP contribution in [0.15, 0.2) is 12.1 Å². The first-order valence-corrected chi connectivity index (χ1v) is 8.52. The highest BCUT2D eigenvalue weighted by atomic mass is 35.5. The maximum Gasteiger partial charge on any atom is 0.179 e. The first-order valence-electron chi connectivity index (χ1n) is 8.15. The number of ether oxygens (including phenoxy) is 3. The summed E-state index contributed by atoms with van der Waals surface area (Å²) in [4.78, 5) is 0. The van der Waals surface area contributed by atoms with Crippen LogP contribution in [0.3, 0.4) is 0 Å². The maximum atomic E-state index is 6.35. The van der Waals surface area contributed by atoms with Crippen molar-refractivity contribution in [3.8, 4) is 11.5 Å². The molecular weight excluding hydrogens is 302 g/mol. The predicted octanol–water partition coefficient (Wildman–Crippen LogP) is 3.80. The Hall–Kier alpha value is -0.970. The molecule has 0 spiro atoms. The van der Waals surface area contributed by atoms with Gasteiger partial charge in [-0.2, -0.15) is 0 Å². The largest absolute Gasteiger partial charge is 0.490 e. The molecule has 4 nitrogen and oxygen atoms in total. The van der Waals surface area contributed by atoms with Gasteiger partial charge < -0.3 is 19.5 Å². The van der Waals surface area contributed by atoms with Crippen molar-refractivity contribution in [2.45, 2.75) is 45.8 Å². The van der Waals surface area contributed by atoms with Gasteiger partial charge in [0.15, 0.2) is 11.5 Å². The first-order chi connectivity index (χ1) is 10.7. The molecule has 1 aliphatic heterocycles. The lowest BCUT2D eigenvalue weighted by Crippen LogP contribution is -2.25. The van der Waals surface area contributed by atoms with Crippen molar-refractivity contribution in [2.75, 3.05) is 26.4 Å². The molecule has 0 unspecified atom stereocenters. The number of benzene rings is 1. The summed E-state index contributed by atoms with van der Waals surface area (Å²) in [6.45, 7) is 7.75. The normalized spacial score (nSPS) is 17.7. The highest BCUT2D eigenvalue weighted by Gasteiger charge is 2.16. The Morgan fingerprint density at radius 1 is 1.32 bits per heavy atom. The van der Waals surface area contributed by atoms with Crippen LogP contribution in [0.2, 0.25) is 5.02 Å². The molecule has 22 heavy (non-hydrogen) atoms. The van der Waals surface area contributed by atoms with Gasteiger partial charge in [0.1, 0.15) is 0 Å². The van der Waals surface area contributed by atoms with Crippen LogP contribution in [0.5, 0.6) is 11.5 Å². The molecule has 1 aromatic carbocycles. The zero-order valence-corrected chi connectivity index (χ0v) is 14.2. The molecule has 1 N–H and O–H groups in total. The van der Waals surface area contributed by atoms with Crippen molar-refractivity contribution in [3.63, 3.8) is 0 Å². The van der Waals surface area contributed by atoms with Gasteiger partial charge in [0.25, 0.3) is 0 Å². The average Bonchev–Trinajstić information content (AvgIpc) is 3.00. The molecule has 1 atom stereocenters. The van der Waals surface area contributed by atoms with Crippen LogP contribution in [0.25, 0.3) is 0 Å². The van der Waals surface area contributed by atoms with Crippen LogP contribution in [0.1, 0.15) is 38.7 Å². The van der Waals surface area contributed by atoms with E-state index in [1.807, 2.05) is 19.1 Å². The van der Waals surface area contributed by atoms with Gasteiger partial charge in [0.05, 0.1) is 24.3 Å². The molecule has 1 aromatic rings. The van der Waals surface area contributed by atoms with Crippen LogP contribution < -0.4 is 14.8 Å². The topological polar surface area (TPSA) is 39.7 Å². The Morgan fingerprint density at radius 2 is 2.18 bits per heavy atom. The van der Waals surface area contributed by atoms with Gasteiger partial charge in [-0.15, -0.1) is 0 Å². The summed E-state index contributed by atoms with van der Waals surface area (Å²) >= 11 is 6.35. The fourth-order valence-corrected chi connectivity index (χ4v) is 2.80. The van der Waals surface area contributed by atoms with E-state index in [1.165, 1.54) is 0 Å². The second-order valence-electron chi connectivity index (χ2n) is 5.45. The smallest absolute Gasteiger partial charge is 0.179 e. The third-order valence-corrected chi connectivity index (χ3v) is 3.83. The Kier molecular flexibility index (Phi) is 7.30. The van der Waals surface area contributed by atoms with E-state index in [-0.39, 0.29) is 0 Å². The van der Waals surface area contributed by atoms with E-state index < -0.39 is 0 Å². The van der Waals surface area contributed by atoms with Gasteiger partial charge in [-0.1, -0.05) is 18.5 Å². The van der Waals surface area contributed by atoms with Gasteiger partial charge in [0.2, 0.25) is 0 Å². The third kappa shape index (κ3) is 5.04. The zero-order valence-electron chi connectivity index (χ0n) is 13.5. The molecule has 124 valence electrons. The van der Waals surface area contributed by atoms with Gasteiger partial charge >= 0.3 is 0 Å². The van der Waals surface area contributed by atoms with E-state index in [2.05, 4.69) is 12.2 Å². The highest BCUT2D eigenvalue weighted by molar-refractivity contribution is 6.32. The van der Waals surface area contributed by atoms with E-state index in [9.17, 15) is 0 Å². The molecule has 0 aromatic heterocycles. The minimum Gasteiger partial charge on any atom is -0.490 e. The summed E-state index contributed by atoms with van der Waals surface area (Å²) in [6.07, 6.45) is 3.58. The van der Waals surface area contributed by atoms with E-state index in [4.69, 9.17) is 25.8 Å². The molecule has 2 rings (SSSR count). The number of hydrogen-bond acceptors (Lipinski definition) is 4. The Bertz CT molecular complexity index is 461. The zero-order chi connectivity index (χ0) is 15.8. The van der Waals surface area contributed by atoms with E-state index >= 15 is 0 Å². The summed E-state index contributed by atoms with van der Waals surface area (Å²) in [5.41, 5.74) is 1.09. The van der Waals surface area contributed by atoms with Crippen molar-refractivity contribution in [2.24, 2.45) is 0 Å². The van der Waals surface area contributed by atoms with Crippen molar-refractivity contribution < 1.29 is 14.2 Å². The fourth-order valence-electron chi connectivity index (χ4n) is 2.51. The summed E-state index contributed by atoms with van der Waals surface area (Å²) in [5, 5.41) is 4.03. The minimum absolute atomic E-state index is 0.342. The first kappa shape index (κ1) is 17.4. The molecule has 5 heteroatoms. The van der Waals surface area contributed by atoms with Crippen LogP contribution in [-0.2, 0) is 11.3 Å². The third-order valence-electron chi connectivity index (χ3n) is 3.54. The SMILES string of the molecule is CCCOc1c(Cl)cc(CNC[C@@H]2CCCO2)cc1OCC. The Labute approximate surface area is 138 Å². The van der Waals surface area contributed by atoms with Crippen LogP contribution in [0.4, 0.5) is 0 Å². The molecule has 0 saturated carbocycles.